The van der Waals surface area contributed by atoms with Gasteiger partial charge in [-0.2, -0.15) is 0 Å². The first-order chi connectivity index (χ1) is 11.5. The Morgan fingerprint density at radius 1 is 1.12 bits per heavy atom. The van der Waals surface area contributed by atoms with Gasteiger partial charge in [0.05, 0.1) is 0 Å². The fourth-order valence-corrected chi connectivity index (χ4v) is 3.27. The van der Waals surface area contributed by atoms with Crippen LogP contribution in [-0.4, -0.2) is 27.9 Å². The second-order valence-corrected chi connectivity index (χ2v) is 6.34. The van der Waals surface area contributed by atoms with Crippen LogP contribution < -0.4 is 0 Å². The van der Waals surface area contributed by atoms with Crippen molar-refractivity contribution in [3.05, 3.63) is 70.8 Å². The summed E-state index contributed by atoms with van der Waals surface area (Å²) in [5.74, 6) is -1.04. The molecule has 2 aromatic carbocycles. The van der Waals surface area contributed by atoms with E-state index in [-0.39, 0.29) is 5.91 Å². The molecule has 0 fully saturated rings. The Hall–Kier alpha value is -2.62. The minimum atomic E-state index is -0.937. The first kappa shape index (κ1) is 16.2. The SMILES string of the molecule is Cc1cccc(CCC(=O)N2Cc3ccccc3CC2C(=O)O)c1. The number of hydrogen-bond donors (Lipinski definition) is 1. The predicted molar refractivity (Wildman–Crippen MR) is 91.6 cm³/mol. The first-order valence-electron chi connectivity index (χ1n) is 8.19. The van der Waals surface area contributed by atoms with Crippen LogP contribution in [0.5, 0.6) is 0 Å². The van der Waals surface area contributed by atoms with Gasteiger partial charge in [-0.3, -0.25) is 4.79 Å². The number of carboxylic acids is 1. The second-order valence-electron chi connectivity index (χ2n) is 6.34. The van der Waals surface area contributed by atoms with Crippen LogP contribution in [0.3, 0.4) is 0 Å². The Kier molecular flexibility index (Phi) is 4.65. The third kappa shape index (κ3) is 3.48. The molecule has 2 aromatic rings. The summed E-state index contributed by atoms with van der Waals surface area (Å²) in [5.41, 5.74) is 4.33. The molecular weight excluding hydrogens is 302 g/mol. The molecule has 0 spiro atoms. The first-order valence-corrected chi connectivity index (χ1v) is 8.19. The molecule has 0 radical (unpaired) electrons. The van der Waals surface area contributed by atoms with Crippen molar-refractivity contribution in [3.8, 4) is 0 Å². The highest BCUT2D eigenvalue weighted by molar-refractivity contribution is 5.84. The van der Waals surface area contributed by atoms with Crippen molar-refractivity contribution >= 4 is 11.9 Å². The summed E-state index contributed by atoms with van der Waals surface area (Å²) in [6.45, 7) is 2.40. The molecule has 1 N–H and O–H groups in total. The molecule has 4 nitrogen and oxygen atoms in total. The second kappa shape index (κ2) is 6.87. The van der Waals surface area contributed by atoms with E-state index in [4.69, 9.17) is 0 Å². The van der Waals surface area contributed by atoms with Gasteiger partial charge in [0.25, 0.3) is 0 Å². The number of aryl methyl sites for hydroxylation is 2. The summed E-state index contributed by atoms with van der Waals surface area (Å²) in [6.07, 6.45) is 1.34. The van der Waals surface area contributed by atoms with E-state index in [0.717, 1.165) is 22.3 Å². The zero-order valence-corrected chi connectivity index (χ0v) is 13.7. The highest BCUT2D eigenvalue weighted by Crippen LogP contribution is 2.24. The molecule has 1 atom stereocenters. The maximum absolute atomic E-state index is 12.6. The maximum atomic E-state index is 12.6. The highest BCUT2D eigenvalue weighted by Gasteiger charge is 2.33. The van der Waals surface area contributed by atoms with Crippen molar-refractivity contribution in [2.45, 2.75) is 38.8 Å². The van der Waals surface area contributed by atoms with E-state index >= 15 is 0 Å². The normalized spacial score (nSPS) is 16.5. The average Bonchev–Trinajstić information content (AvgIpc) is 2.58. The summed E-state index contributed by atoms with van der Waals surface area (Å²) in [6, 6.07) is 15.0. The number of rotatable bonds is 4. The fraction of sp³-hybridized carbons (Fsp3) is 0.300. The van der Waals surface area contributed by atoms with Gasteiger partial charge in [-0.25, -0.2) is 4.79 Å². The topological polar surface area (TPSA) is 57.6 Å². The number of fused-ring (bicyclic) bond motifs is 1. The Morgan fingerprint density at radius 3 is 2.58 bits per heavy atom. The molecule has 1 heterocycles. The molecule has 0 aromatic heterocycles. The van der Waals surface area contributed by atoms with Gasteiger partial charge >= 0.3 is 5.97 Å². The molecule has 0 bridgehead atoms. The Bertz CT molecular complexity index is 769. The van der Waals surface area contributed by atoms with Crippen LogP contribution in [0.25, 0.3) is 0 Å². The molecule has 1 unspecified atom stereocenters. The van der Waals surface area contributed by atoms with Gasteiger partial charge in [0.1, 0.15) is 6.04 Å². The number of nitrogens with zero attached hydrogens (tertiary/aromatic N) is 1. The zero-order valence-electron chi connectivity index (χ0n) is 13.7. The smallest absolute Gasteiger partial charge is 0.326 e. The van der Waals surface area contributed by atoms with E-state index in [1.807, 2.05) is 49.4 Å². The van der Waals surface area contributed by atoms with Gasteiger partial charge in [0, 0.05) is 19.4 Å². The standard InChI is InChI=1S/C20H21NO3/c1-14-5-4-6-15(11-14)9-10-19(22)21-13-17-8-3-2-7-16(17)12-18(21)20(23)24/h2-8,11,18H,9-10,12-13H2,1H3,(H,23,24). The number of carbonyl (C=O) groups is 2. The van der Waals surface area contributed by atoms with Crippen molar-refractivity contribution in [1.29, 1.82) is 0 Å². The summed E-state index contributed by atoms with van der Waals surface area (Å²) in [5, 5.41) is 9.51. The van der Waals surface area contributed by atoms with Crippen molar-refractivity contribution in [3.63, 3.8) is 0 Å². The molecule has 1 amide bonds. The van der Waals surface area contributed by atoms with Gasteiger partial charge in [0.15, 0.2) is 0 Å². The van der Waals surface area contributed by atoms with Gasteiger partial charge < -0.3 is 10.0 Å². The number of carboxylic acid groups (broad SMARTS) is 1. The minimum absolute atomic E-state index is 0.0987. The quantitative estimate of drug-likeness (QED) is 0.941. The molecule has 4 heteroatoms. The predicted octanol–water partition coefficient (Wildman–Crippen LogP) is 2.97. The molecule has 124 valence electrons. The van der Waals surface area contributed by atoms with Gasteiger partial charge in [-0.15, -0.1) is 0 Å². The molecule has 0 saturated carbocycles. The summed E-state index contributed by atoms with van der Waals surface area (Å²) < 4.78 is 0. The molecule has 24 heavy (non-hydrogen) atoms. The summed E-state index contributed by atoms with van der Waals surface area (Å²) in [4.78, 5) is 25.8. The van der Waals surface area contributed by atoms with E-state index in [0.29, 0.717) is 25.8 Å². The maximum Gasteiger partial charge on any atom is 0.326 e. The Balaban J connectivity index is 1.73. The zero-order chi connectivity index (χ0) is 17.1. The van der Waals surface area contributed by atoms with Gasteiger partial charge in [0.2, 0.25) is 5.91 Å². The van der Waals surface area contributed by atoms with Crippen LogP contribution in [0.15, 0.2) is 48.5 Å². The van der Waals surface area contributed by atoms with E-state index in [1.54, 1.807) is 0 Å². The van der Waals surface area contributed by atoms with Crippen LogP contribution in [0, 0.1) is 6.92 Å². The number of amides is 1. The van der Waals surface area contributed by atoms with Crippen molar-refractivity contribution in [2.75, 3.05) is 0 Å². The molecule has 1 aliphatic rings. The Morgan fingerprint density at radius 2 is 1.88 bits per heavy atom. The van der Waals surface area contributed by atoms with E-state index in [9.17, 15) is 14.7 Å². The van der Waals surface area contributed by atoms with Crippen LogP contribution in [0.4, 0.5) is 0 Å². The molecule has 3 rings (SSSR count). The van der Waals surface area contributed by atoms with Crippen LogP contribution in [-0.2, 0) is 29.0 Å². The molecule has 0 aliphatic carbocycles. The third-order valence-electron chi connectivity index (χ3n) is 4.56. The lowest BCUT2D eigenvalue weighted by atomic mass is 9.93. The fourth-order valence-electron chi connectivity index (χ4n) is 3.27. The molecule has 1 aliphatic heterocycles. The molecule has 0 saturated heterocycles. The lowest BCUT2D eigenvalue weighted by molar-refractivity contribution is -0.151. The number of carbonyl (C=O) groups excluding carboxylic acids is 1. The summed E-state index contributed by atoms with van der Waals surface area (Å²) in [7, 11) is 0. The number of aliphatic carboxylic acids is 1. The van der Waals surface area contributed by atoms with E-state index in [1.165, 1.54) is 4.90 Å². The lowest BCUT2D eigenvalue weighted by Crippen LogP contribution is -2.48. The average molecular weight is 323 g/mol. The van der Waals surface area contributed by atoms with Crippen molar-refractivity contribution < 1.29 is 14.7 Å². The number of benzene rings is 2. The van der Waals surface area contributed by atoms with E-state index < -0.39 is 12.0 Å². The highest BCUT2D eigenvalue weighted by atomic mass is 16.4. The largest absolute Gasteiger partial charge is 0.480 e. The minimum Gasteiger partial charge on any atom is -0.480 e. The van der Waals surface area contributed by atoms with Gasteiger partial charge in [-0.05, 0) is 30.0 Å². The van der Waals surface area contributed by atoms with Crippen LogP contribution >= 0.6 is 0 Å². The monoisotopic (exact) mass is 323 g/mol. The lowest BCUT2D eigenvalue weighted by Gasteiger charge is -2.34. The molecular formula is C20H21NO3. The summed E-state index contributed by atoms with van der Waals surface area (Å²) >= 11 is 0. The van der Waals surface area contributed by atoms with Gasteiger partial charge in [-0.1, -0.05) is 54.1 Å². The van der Waals surface area contributed by atoms with Crippen LogP contribution in [0.1, 0.15) is 28.7 Å². The van der Waals surface area contributed by atoms with E-state index in [2.05, 4.69) is 6.07 Å². The van der Waals surface area contributed by atoms with Crippen molar-refractivity contribution in [2.24, 2.45) is 0 Å². The number of hydrogen-bond acceptors (Lipinski definition) is 2. The third-order valence-corrected chi connectivity index (χ3v) is 4.56. The Labute approximate surface area is 141 Å². The van der Waals surface area contributed by atoms with Crippen LogP contribution in [0.2, 0.25) is 0 Å². The van der Waals surface area contributed by atoms with Crippen molar-refractivity contribution in [1.82, 2.24) is 4.90 Å².